The molecule has 0 aromatic carbocycles. The van der Waals surface area contributed by atoms with Gasteiger partial charge in [-0.05, 0) is 13.3 Å². The van der Waals surface area contributed by atoms with Crippen LogP contribution in [0.25, 0.3) is 0 Å². The van der Waals surface area contributed by atoms with Gasteiger partial charge in [0.05, 0.1) is 12.8 Å². The van der Waals surface area contributed by atoms with Gasteiger partial charge in [-0.2, -0.15) is 13.2 Å². The number of nitrogens with one attached hydrogen (secondary N) is 2. The molecule has 0 atom stereocenters. The monoisotopic (exact) mass is 415 g/mol. The molecule has 150 valence electrons. The summed E-state index contributed by atoms with van der Waals surface area (Å²) < 4.78 is 62.0. The molecule has 0 saturated carbocycles. The van der Waals surface area contributed by atoms with E-state index in [1.54, 1.807) is 6.92 Å². The van der Waals surface area contributed by atoms with Gasteiger partial charge in [-0.3, -0.25) is 0 Å². The molecule has 2 N–H and O–H groups in total. The first-order valence-electron chi connectivity index (χ1n) is 8.06. The molecule has 0 bridgehead atoms. The molecule has 0 saturated heterocycles. The van der Waals surface area contributed by atoms with E-state index in [2.05, 4.69) is 20.6 Å². The van der Waals surface area contributed by atoms with Crippen molar-refractivity contribution in [1.29, 1.82) is 0 Å². The Kier molecular flexibility index (Phi) is 8.77. The maximum absolute atomic E-state index is 12.5. The first-order chi connectivity index (χ1) is 12.1. The average Bonchev–Trinajstić information content (AvgIpc) is 3.00. The van der Waals surface area contributed by atoms with Gasteiger partial charge in [-0.1, -0.05) is 6.92 Å². The molecule has 0 unspecified atom stereocenters. The van der Waals surface area contributed by atoms with E-state index in [1.807, 2.05) is 6.92 Å². The van der Waals surface area contributed by atoms with Crippen LogP contribution in [0.3, 0.4) is 0 Å². The summed E-state index contributed by atoms with van der Waals surface area (Å²) in [5.41, 5.74) is -0.911. The fraction of sp³-hybridized carbons (Fsp3) is 0.714. The lowest BCUT2D eigenvalue weighted by molar-refractivity contribution is -0.140. The van der Waals surface area contributed by atoms with Crippen LogP contribution in [0.4, 0.5) is 13.2 Å². The minimum Gasteiger partial charge on any atom is -0.357 e. The van der Waals surface area contributed by atoms with E-state index in [-0.39, 0.29) is 11.6 Å². The molecule has 0 radical (unpaired) electrons. The standard InChI is InChI=1S/C14H24F3N5O2S2/c1-4-18-13(19-7-6-8-22(5-2)26(3,23)24)20-9-12-21-11(10-25-12)14(15,16)17/h10H,4-9H2,1-3H3,(H2,18,19,20). The maximum Gasteiger partial charge on any atom is 0.434 e. The third-order valence-corrected chi connectivity index (χ3v) is 5.47. The van der Waals surface area contributed by atoms with Crippen molar-refractivity contribution < 1.29 is 21.6 Å². The van der Waals surface area contributed by atoms with Gasteiger partial charge in [0.25, 0.3) is 0 Å². The Labute approximate surface area is 155 Å². The predicted molar refractivity (Wildman–Crippen MR) is 96.6 cm³/mol. The second-order valence-corrected chi connectivity index (χ2v) is 8.28. The van der Waals surface area contributed by atoms with Gasteiger partial charge in [-0.25, -0.2) is 22.7 Å². The third kappa shape index (κ3) is 7.87. The van der Waals surface area contributed by atoms with Crippen molar-refractivity contribution in [3.8, 4) is 0 Å². The summed E-state index contributed by atoms with van der Waals surface area (Å²) in [4.78, 5) is 7.74. The van der Waals surface area contributed by atoms with Crippen LogP contribution in [0.5, 0.6) is 0 Å². The highest BCUT2D eigenvalue weighted by molar-refractivity contribution is 7.88. The smallest absolute Gasteiger partial charge is 0.357 e. The van der Waals surface area contributed by atoms with E-state index < -0.39 is 21.9 Å². The Morgan fingerprint density at radius 1 is 1.35 bits per heavy atom. The minimum atomic E-state index is -4.45. The Morgan fingerprint density at radius 3 is 2.54 bits per heavy atom. The highest BCUT2D eigenvalue weighted by Gasteiger charge is 2.33. The number of halogens is 3. The second-order valence-electron chi connectivity index (χ2n) is 5.35. The number of sulfonamides is 1. The number of thiazole rings is 1. The van der Waals surface area contributed by atoms with E-state index >= 15 is 0 Å². The van der Waals surface area contributed by atoms with E-state index in [0.717, 1.165) is 16.7 Å². The largest absolute Gasteiger partial charge is 0.434 e. The van der Waals surface area contributed by atoms with Gasteiger partial charge >= 0.3 is 6.18 Å². The van der Waals surface area contributed by atoms with Gasteiger partial charge < -0.3 is 10.6 Å². The molecule has 12 heteroatoms. The topological polar surface area (TPSA) is 86.7 Å². The number of alkyl halides is 3. The molecule has 0 spiro atoms. The summed E-state index contributed by atoms with van der Waals surface area (Å²) in [6.45, 7) is 5.50. The average molecular weight is 416 g/mol. The number of hydrogen-bond donors (Lipinski definition) is 2. The fourth-order valence-electron chi connectivity index (χ4n) is 2.02. The molecule has 26 heavy (non-hydrogen) atoms. The molecule has 1 aromatic rings. The lowest BCUT2D eigenvalue weighted by atomic mass is 10.4. The predicted octanol–water partition coefficient (Wildman–Crippen LogP) is 1.89. The third-order valence-electron chi connectivity index (χ3n) is 3.26. The van der Waals surface area contributed by atoms with Crippen molar-refractivity contribution in [1.82, 2.24) is 19.9 Å². The fourth-order valence-corrected chi connectivity index (χ4v) is 3.68. The summed E-state index contributed by atoms with van der Waals surface area (Å²) in [7, 11) is -3.22. The van der Waals surface area contributed by atoms with Gasteiger partial charge in [0.2, 0.25) is 10.0 Å². The van der Waals surface area contributed by atoms with Gasteiger partial charge in [0, 0.05) is 31.6 Å². The summed E-state index contributed by atoms with van der Waals surface area (Å²) >= 11 is 0.907. The molecule has 1 heterocycles. The highest BCUT2D eigenvalue weighted by Crippen LogP contribution is 2.30. The zero-order chi connectivity index (χ0) is 19.8. The Morgan fingerprint density at radius 2 is 2.04 bits per heavy atom. The van der Waals surface area contributed by atoms with E-state index in [4.69, 9.17) is 0 Å². The SMILES string of the molecule is CCNC(=NCc1nc(C(F)(F)F)cs1)NCCCN(CC)S(C)(=O)=O. The van der Waals surface area contributed by atoms with Crippen molar-refractivity contribution in [2.75, 3.05) is 32.4 Å². The molecular formula is C14H24F3N5O2S2. The Hall–Kier alpha value is -1.40. The molecular weight excluding hydrogens is 391 g/mol. The second kappa shape index (κ2) is 10.1. The van der Waals surface area contributed by atoms with Crippen molar-refractivity contribution in [2.24, 2.45) is 4.99 Å². The molecule has 0 aliphatic rings. The summed E-state index contributed by atoms with van der Waals surface area (Å²) in [5, 5.41) is 7.25. The number of aliphatic imine (C=N–C) groups is 1. The van der Waals surface area contributed by atoms with Crippen LogP contribution in [-0.2, 0) is 22.7 Å². The van der Waals surface area contributed by atoms with E-state index in [1.165, 1.54) is 10.6 Å². The number of nitrogens with zero attached hydrogens (tertiary/aromatic N) is 3. The molecule has 0 aliphatic carbocycles. The lowest BCUT2D eigenvalue weighted by Gasteiger charge is -2.18. The van der Waals surface area contributed by atoms with Crippen molar-refractivity contribution in [3.63, 3.8) is 0 Å². The van der Waals surface area contributed by atoms with E-state index in [9.17, 15) is 21.6 Å². The minimum absolute atomic E-state index is 0.0283. The van der Waals surface area contributed by atoms with Gasteiger partial charge in [-0.15, -0.1) is 11.3 Å². The quantitative estimate of drug-likeness (QED) is 0.365. The maximum atomic E-state index is 12.5. The highest BCUT2D eigenvalue weighted by atomic mass is 32.2. The summed E-state index contributed by atoms with van der Waals surface area (Å²) in [6, 6.07) is 0. The van der Waals surface area contributed by atoms with Crippen LogP contribution in [0.15, 0.2) is 10.4 Å². The first-order valence-corrected chi connectivity index (χ1v) is 10.8. The molecule has 0 fully saturated rings. The molecule has 1 rings (SSSR count). The van der Waals surface area contributed by atoms with Crippen LogP contribution in [-0.4, -0.2) is 56.1 Å². The normalized spacial score (nSPS) is 13.3. The van der Waals surface area contributed by atoms with Gasteiger partial charge in [0.1, 0.15) is 5.01 Å². The summed E-state index contributed by atoms with van der Waals surface area (Å²) in [5.74, 6) is 0.443. The Balaban J connectivity index is 2.55. The number of aromatic nitrogens is 1. The zero-order valence-electron chi connectivity index (χ0n) is 14.9. The van der Waals surface area contributed by atoms with Crippen LogP contribution in [0, 0.1) is 0 Å². The van der Waals surface area contributed by atoms with Crippen molar-refractivity contribution in [2.45, 2.75) is 33.0 Å². The van der Waals surface area contributed by atoms with Crippen molar-refractivity contribution in [3.05, 3.63) is 16.1 Å². The van der Waals surface area contributed by atoms with Crippen LogP contribution in [0.2, 0.25) is 0 Å². The number of hydrogen-bond acceptors (Lipinski definition) is 5. The molecule has 0 amide bonds. The van der Waals surface area contributed by atoms with Gasteiger partial charge in [0.15, 0.2) is 11.7 Å². The number of guanidine groups is 1. The molecule has 1 aromatic heterocycles. The molecule has 7 nitrogen and oxygen atoms in total. The lowest BCUT2D eigenvalue weighted by Crippen LogP contribution is -2.39. The zero-order valence-corrected chi connectivity index (χ0v) is 16.6. The van der Waals surface area contributed by atoms with Crippen LogP contribution >= 0.6 is 11.3 Å². The van der Waals surface area contributed by atoms with Crippen LogP contribution in [0.1, 0.15) is 31.0 Å². The summed E-state index contributed by atoms with van der Waals surface area (Å²) in [6.07, 6.45) is -2.72. The van der Waals surface area contributed by atoms with Crippen molar-refractivity contribution >= 4 is 27.3 Å². The Bertz CT molecular complexity index is 689. The van der Waals surface area contributed by atoms with Crippen LogP contribution < -0.4 is 10.6 Å². The van der Waals surface area contributed by atoms with E-state index in [0.29, 0.717) is 38.6 Å². The first kappa shape index (κ1) is 22.6. The number of rotatable bonds is 9. The molecule has 0 aliphatic heterocycles.